The maximum Gasteiger partial charge on any atom is 0.227 e. The average Bonchev–Trinajstić information content (AvgIpc) is 2.71. The normalized spacial score (nSPS) is 30.3. The molecule has 2 amide bonds. The molecule has 2 atom stereocenters. The van der Waals surface area contributed by atoms with Gasteiger partial charge >= 0.3 is 0 Å². The summed E-state index contributed by atoms with van der Waals surface area (Å²) in [5.41, 5.74) is 0. The first-order chi connectivity index (χ1) is 8.22. The molecule has 1 heterocycles. The summed E-state index contributed by atoms with van der Waals surface area (Å²) in [7, 11) is 0. The smallest absolute Gasteiger partial charge is 0.227 e. The van der Waals surface area contributed by atoms with Crippen LogP contribution in [0.1, 0.15) is 38.5 Å². The third kappa shape index (κ3) is 2.77. The fraction of sp³-hybridized carbons (Fsp3) is 0.833. The molecule has 0 spiro atoms. The van der Waals surface area contributed by atoms with Gasteiger partial charge in [-0.2, -0.15) is 0 Å². The molecule has 0 radical (unpaired) electrons. The van der Waals surface area contributed by atoms with Crippen molar-refractivity contribution in [3.05, 3.63) is 0 Å². The Morgan fingerprint density at radius 1 is 1.29 bits per heavy atom. The van der Waals surface area contributed by atoms with Gasteiger partial charge in [0.15, 0.2) is 0 Å². The third-order valence-electron chi connectivity index (χ3n) is 3.78. The van der Waals surface area contributed by atoms with Gasteiger partial charge in [-0.05, 0) is 12.8 Å². The number of rotatable bonds is 3. The van der Waals surface area contributed by atoms with Crippen molar-refractivity contribution in [3.63, 3.8) is 0 Å². The predicted molar refractivity (Wildman–Crippen MR) is 61.9 cm³/mol. The Morgan fingerprint density at radius 3 is 2.65 bits per heavy atom. The number of nitrogens with zero attached hydrogens (tertiary/aromatic N) is 1. The molecule has 2 N–H and O–H groups in total. The maximum atomic E-state index is 12.3. The van der Waals surface area contributed by atoms with Gasteiger partial charge in [0.25, 0.3) is 0 Å². The van der Waals surface area contributed by atoms with E-state index in [1.54, 1.807) is 4.90 Å². The molecule has 5 nitrogen and oxygen atoms in total. The Bertz CT molecular complexity index is 289. The molecule has 1 aliphatic heterocycles. The Labute approximate surface area is 101 Å². The number of amides is 2. The molecular weight excluding hydrogens is 220 g/mol. The van der Waals surface area contributed by atoms with Gasteiger partial charge in [-0.3, -0.25) is 9.59 Å². The highest BCUT2D eigenvalue weighted by Gasteiger charge is 2.37. The number of likely N-dealkylation sites (tertiary alicyclic amines) is 1. The fourth-order valence-corrected chi connectivity index (χ4v) is 2.88. The van der Waals surface area contributed by atoms with Gasteiger partial charge in [0.05, 0.1) is 6.10 Å². The largest absolute Gasteiger partial charge is 0.391 e. The molecular formula is C12H20N2O3. The van der Waals surface area contributed by atoms with E-state index in [2.05, 4.69) is 5.32 Å². The molecule has 1 saturated heterocycles. The van der Waals surface area contributed by atoms with E-state index in [0.717, 1.165) is 25.7 Å². The van der Waals surface area contributed by atoms with Gasteiger partial charge in [0.2, 0.25) is 12.3 Å². The van der Waals surface area contributed by atoms with E-state index in [0.29, 0.717) is 19.4 Å². The van der Waals surface area contributed by atoms with E-state index in [-0.39, 0.29) is 18.0 Å². The standard InChI is InChI=1S/C12H20N2O3/c15-8-13-11-6-10(16)7-14(11)12(17)9-4-2-1-3-5-9/h8-11,16H,1-7H2,(H,13,15). The molecule has 2 aliphatic rings. The highest BCUT2D eigenvalue weighted by molar-refractivity contribution is 5.79. The van der Waals surface area contributed by atoms with Gasteiger partial charge < -0.3 is 15.3 Å². The molecule has 1 aliphatic carbocycles. The number of hydrogen-bond donors (Lipinski definition) is 2. The lowest BCUT2D eigenvalue weighted by molar-refractivity contribution is -0.138. The maximum absolute atomic E-state index is 12.3. The molecule has 0 aromatic carbocycles. The summed E-state index contributed by atoms with van der Waals surface area (Å²) < 4.78 is 0. The minimum atomic E-state index is -0.514. The molecule has 2 fully saturated rings. The van der Waals surface area contributed by atoms with Crippen LogP contribution in [0.5, 0.6) is 0 Å². The van der Waals surface area contributed by atoms with Crippen LogP contribution < -0.4 is 5.32 Å². The molecule has 5 heteroatoms. The quantitative estimate of drug-likeness (QED) is 0.694. The zero-order valence-electron chi connectivity index (χ0n) is 9.97. The molecule has 17 heavy (non-hydrogen) atoms. The van der Waals surface area contributed by atoms with Crippen molar-refractivity contribution < 1.29 is 14.7 Å². The van der Waals surface area contributed by atoms with Crippen LogP contribution >= 0.6 is 0 Å². The third-order valence-corrected chi connectivity index (χ3v) is 3.78. The SMILES string of the molecule is O=CNC1CC(O)CN1C(=O)C1CCCCC1. The zero-order valence-corrected chi connectivity index (χ0v) is 9.97. The number of hydrogen-bond acceptors (Lipinski definition) is 3. The summed E-state index contributed by atoms with van der Waals surface area (Å²) in [6.07, 6.45) is 5.52. The first kappa shape index (κ1) is 12.4. The lowest BCUT2D eigenvalue weighted by Crippen LogP contribution is -2.46. The molecule has 0 aromatic heterocycles. The molecule has 0 bridgehead atoms. The van der Waals surface area contributed by atoms with Gasteiger partial charge in [0, 0.05) is 18.9 Å². The molecule has 1 saturated carbocycles. The van der Waals surface area contributed by atoms with Crippen LogP contribution in [0, 0.1) is 5.92 Å². The highest BCUT2D eigenvalue weighted by Crippen LogP contribution is 2.28. The Hall–Kier alpha value is -1.10. The minimum absolute atomic E-state index is 0.0880. The number of carbonyl (C=O) groups excluding carboxylic acids is 2. The summed E-state index contributed by atoms with van der Waals surface area (Å²) in [6.45, 7) is 0.348. The van der Waals surface area contributed by atoms with Crippen LogP contribution in [-0.2, 0) is 9.59 Å². The second-order valence-corrected chi connectivity index (χ2v) is 5.02. The summed E-state index contributed by atoms with van der Waals surface area (Å²) >= 11 is 0. The van der Waals surface area contributed by atoms with E-state index in [9.17, 15) is 14.7 Å². The fourth-order valence-electron chi connectivity index (χ4n) is 2.88. The van der Waals surface area contributed by atoms with Gasteiger partial charge in [-0.1, -0.05) is 19.3 Å². The zero-order chi connectivity index (χ0) is 12.3. The van der Waals surface area contributed by atoms with Crippen molar-refractivity contribution in [2.45, 2.75) is 50.8 Å². The van der Waals surface area contributed by atoms with Crippen molar-refractivity contribution in [2.24, 2.45) is 5.92 Å². The first-order valence-corrected chi connectivity index (χ1v) is 6.40. The van der Waals surface area contributed by atoms with Crippen LogP contribution in [0.2, 0.25) is 0 Å². The summed E-state index contributed by atoms with van der Waals surface area (Å²) in [5.74, 6) is 0.186. The number of β-amino-alcohol motifs (C(OH)–C–C–N with tert-alkyl or cyclic N) is 1. The van der Waals surface area contributed by atoms with Crippen molar-refractivity contribution in [1.82, 2.24) is 10.2 Å². The van der Waals surface area contributed by atoms with Crippen molar-refractivity contribution in [3.8, 4) is 0 Å². The number of aliphatic hydroxyl groups is 1. The van der Waals surface area contributed by atoms with E-state index < -0.39 is 6.10 Å². The second kappa shape index (κ2) is 5.49. The number of carbonyl (C=O) groups is 2. The monoisotopic (exact) mass is 240 g/mol. The van der Waals surface area contributed by atoms with Gasteiger partial charge in [-0.15, -0.1) is 0 Å². The van der Waals surface area contributed by atoms with E-state index in [4.69, 9.17) is 0 Å². The Morgan fingerprint density at radius 2 is 2.00 bits per heavy atom. The van der Waals surface area contributed by atoms with Crippen LogP contribution in [0.3, 0.4) is 0 Å². The van der Waals surface area contributed by atoms with Crippen LogP contribution in [0.15, 0.2) is 0 Å². The van der Waals surface area contributed by atoms with E-state index in [1.807, 2.05) is 0 Å². The number of aliphatic hydroxyl groups excluding tert-OH is 1. The van der Waals surface area contributed by atoms with Gasteiger partial charge in [0.1, 0.15) is 6.17 Å². The van der Waals surface area contributed by atoms with Gasteiger partial charge in [-0.25, -0.2) is 0 Å². The van der Waals surface area contributed by atoms with Crippen molar-refractivity contribution in [2.75, 3.05) is 6.54 Å². The van der Waals surface area contributed by atoms with Crippen LogP contribution in [0.25, 0.3) is 0 Å². The topological polar surface area (TPSA) is 69.6 Å². The summed E-state index contributed by atoms with van der Waals surface area (Å²) in [6, 6.07) is 0. The molecule has 96 valence electrons. The van der Waals surface area contributed by atoms with Crippen LogP contribution in [0.4, 0.5) is 0 Å². The summed E-state index contributed by atoms with van der Waals surface area (Å²) in [5, 5.41) is 12.2. The Balaban J connectivity index is 1.98. The second-order valence-electron chi connectivity index (χ2n) is 5.02. The van der Waals surface area contributed by atoms with E-state index in [1.165, 1.54) is 6.42 Å². The molecule has 2 unspecified atom stereocenters. The minimum Gasteiger partial charge on any atom is -0.391 e. The molecule has 2 rings (SSSR count). The Kier molecular flexibility index (Phi) is 3.99. The molecule has 0 aromatic rings. The number of nitrogens with one attached hydrogen (secondary N) is 1. The lowest BCUT2D eigenvalue weighted by atomic mass is 9.88. The summed E-state index contributed by atoms with van der Waals surface area (Å²) in [4.78, 5) is 24.4. The van der Waals surface area contributed by atoms with E-state index >= 15 is 0 Å². The lowest BCUT2D eigenvalue weighted by Gasteiger charge is -2.29. The first-order valence-electron chi connectivity index (χ1n) is 6.40. The average molecular weight is 240 g/mol. The predicted octanol–water partition coefficient (Wildman–Crippen LogP) is 0.232. The highest BCUT2D eigenvalue weighted by atomic mass is 16.3. The van der Waals surface area contributed by atoms with Crippen LogP contribution in [-0.4, -0.2) is 41.1 Å². The van der Waals surface area contributed by atoms with Crippen molar-refractivity contribution in [1.29, 1.82) is 0 Å². The van der Waals surface area contributed by atoms with Crippen molar-refractivity contribution >= 4 is 12.3 Å².